The summed E-state index contributed by atoms with van der Waals surface area (Å²) in [4.78, 5) is 0. The van der Waals surface area contributed by atoms with Crippen molar-refractivity contribution in [3.8, 4) is 11.9 Å². The third-order valence-corrected chi connectivity index (χ3v) is 3.08. The van der Waals surface area contributed by atoms with Crippen LogP contribution in [-0.2, 0) is 10.0 Å². The van der Waals surface area contributed by atoms with Crippen LogP contribution in [0, 0.1) is 11.3 Å². The number of nitrogens with zero attached hydrogens (tertiary/aromatic N) is 5. The monoisotopic (exact) mass is 284 g/mol. The van der Waals surface area contributed by atoms with Crippen LogP contribution in [0.25, 0.3) is 5.82 Å². The summed E-state index contributed by atoms with van der Waals surface area (Å²) < 4.78 is 23.8. The van der Waals surface area contributed by atoms with Crippen LogP contribution in [0.3, 0.4) is 0 Å². The predicted molar refractivity (Wildman–Crippen MR) is 60.3 cm³/mol. The molecule has 18 heavy (non-hydrogen) atoms. The Balaban J connectivity index is 2.70. The second-order valence-corrected chi connectivity index (χ2v) is 5.01. The third-order valence-electron chi connectivity index (χ3n) is 1.95. The van der Waals surface area contributed by atoms with Crippen molar-refractivity contribution in [1.82, 2.24) is 20.0 Å². The SMILES string of the molecule is N#Cc1cnn(-c2ccc(Cl)nn2)c1S(N)(=O)=O. The quantitative estimate of drug-likeness (QED) is 0.815. The fourth-order valence-electron chi connectivity index (χ4n) is 1.27. The average Bonchev–Trinajstić information content (AvgIpc) is 2.73. The molecule has 2 heterocycles. The van der Waals surface area contributed by atoms with E-state index in [0.29, 0.717) is 0 Å². The summed E-state index contributed by atoms with van der Waals surface area (Å²) in [6.45, 7) is 0. The summed E-state index contributed by atoms with van der Waals surface area (Å²) >= 11 is 5.56. The van der Waals surface area contributed by atoms with Gasteiger partial charge in [-0.3, -0.25) is 0 Å². The number of aromatic nitrogens is 4. The van der Waals surface area contributed by atoms with Gasteiger partial charge in [0.25, 0.3) is 10.0 Å². The normalized spacial score (nSPS) is 11.2. The van der Waals surface area contributed by atoms with Crippen LogP contribution >= 0.6 is 11.6 Å². The predicted octanol–water partition coefficient (Wildman–Crippen LogP) is -0.165. The van der Waals surface area contributed by atoms with Gasteiger partial charge in [0.15, 0.2) is 16.0 Å². The van der Waals surface area contributed by atoms with Crippen molar-refractivity contribution in [1.29, 1.82) is 5.26 Å². The molecule has 0 saturated carbocycles. The molecule has 0 radical (unpaired) electrons. The first-order valence-corrected chi connectivity index (χ1v) is 6.36. The fraction of sp³-hybridized carbons (Fsp3) is 0. The molecule has 2 rings (SSSR count). The fourth-order valence-corrected chi connectivity index (χ4v) is 2.16. The van der Waals surface area contributed by atoms with Crippen LogP contribution in [0.15, 0.2) is 23.4 Å². The third kappa shape index (κ3) is 2.17. The Morgan fingerprint density at radius 2 is 2.11 bits per heavy atom. The molecular weight excluding hydrogens is 280 g/mol. The standard InChI is InChI=1S/C8H5ClN6O2S/c9-6-1-2-7(14-13-6)15-8(18(11,16)17)5(3-10)4-12-15/h1-2,4H,(H2,11,16,17). The Labute approximate surface area is 107 Å². The summed E-state index contributed by atoms with van der Waals surface area (Å²) in [5, 5.41) is 24.5. The molecule has 92 valence electrons. The largest absolute Gasteiger partial charge is 0.257 e. The lowest BCUT2D eigenvalue weighted by molar-refractivity contribution is 0.585. The van der Waals surface area contributed by atoms with E-state index in [4.69, 9.17) is 22.0 Å². The molecule has 8 nitrogen and oxygen atoms in total. The molecule has 0 aliphatic carbocycles. The molecule has 2 aromatic rings. The van der Waals surface area contributed by atoms with Crippen LogP contribution in [0.2, 0.25) is 5.15 Å². The van der Waals surface area contributed by atoms with Crippen molar-refractivity contribution >= 4 is 21.6 Å². The van der Waals surface area contributed by atoms with Gasteiger partial charge >= 0.3 is 0 Å². The van der Waals surface area contributed by atoms with Crippen molar-refractivity contribution in [2.24, 2.45) is 5.14 Å². The van der Waals surface area contributed by atoms with Crippen LogP contribution in [-0.4, -0.2) is 28.4 Å². The number of hydrogen-bond donors (Lipinski definition) is 1. The number of halogens is 1. The van der Waals surface area contributed by atoms with Crippen molar-refractivity contribution in [2.75, 3.05) is 0 Å². The first kappa shape index (κ1) is 12.4. The minimum absolute atomic E-state index is 0.0879. The highest BCUT2D eigenvalue weighted by Crippen LogP contribution is 2.17. The molecule has 2 aromatic heterocycles. The van der Waals surface area contributed by atoms with E-state index >= 15 is 0 Å². The van der Waals surface area contributed by atoms with Crippen molar-refractivity contribution in [3.05, 3.63) is 29.0 Å². The lowest BCUT2D eigenvalue weighted by atomic mass is 10.4. The Morgan fingerprint density at radius 1 is 1.39 bits per heavy atom. The zero-order valence-corrected chi connectivity index (χ0v) is 10.2. The van der Waals surface area contributed by atoms with Gasteiger partial charge in [-0.15, -0.1) is 10.2 Å². The van der Waals surface area contributed by atoms with Gasteiger partial charge in [-0.2, -0.15) is 15.0 Å². The zero-order valence-electron chi connectivity index (χ0n) is 8.65. The smallest absolute Gasteiger partial charge is 0.223 e. The van der Waals surface area contributed by atoms with Gasteiger partial charge in [0.05, 0.1) is 6.20 Å². The van der Waals surface area contributed by atoms with E-state index in [9.17, 15) is 8.42 Å². The molecule has 2 N–H and O–H groups in total. The van der Waals surface area contributed by atoms with E-state index in [2.05, 4.69) is 15.3 Å². The van der Waals surface area contributed by atoms with E-state index in [0.717, 1.165) is 10.9 Å². The maximum absolute atomic E-state index is 11.4. The van der Waals surface area contributed by atoms with Crippen LogP contribution < -0.4 is 5.14 Å². The molecule has 0 aromatic carbocycles. The van der Waals surface area contributed by atoms with E-state index < -0.39 is 15.0 Å². The molecule has 0 spiro atoms. The van der Waals surface area contributed by atoms with E-state index in [1.54, 1.807) is 6.07 Å². The molecule has 0 aliphatic rings. The maximum atomic E-state index is 11.4. The number of sulfonamides is 1. The summed E-state index contributed by atoms with van der Waals surface area (Å²) in [5.74, 6) is 0.0879. The molecule has 0 bridgehead atoms. The van der Waals surface area contributed by atoms with Gasteiger partial charge < -0.3 is 0 Å². The van der Waals surface area contributed by atoms with Crippen LogP contribution in [0.1, 0.15) is 5.56 Å². The van der Waals surface area contributed by atoms with Crippen molar-refractivity contribution in [2.45, 2.75) is 5.03 Å². The molecule has 0 fully saturated rings. The highest BCUT2D eigenvalue weighted by Gasteiger charge is 2.23. The molecule has 0 amide bonds. The number of hydrogen-bond acceptors (Lipinski definition) is 6. The maximum Gasteiger partial charge on any atom is 0.257 e. The summed E-state index contributed by atoms with van der Waals surface area (Å²) in [5.41, 5.74) is -0.172. The van der Waals surface area contributed by atoms with Gasteiger partial charge in [-0.05, 0) is 12.1 Å². The Hall–Kier alpha value is -2.02. The number of rotatable bonds is 2. The van der Waals surface area contributed by atoms with Gasteiger partial charge in [-0.25, -0.2) is 13.6 Å². The second kappa shape index (κ2) is 4.34. The summed E-state index contributed by atoms with van der Waals surface area (Å²) in [6, 6.07) is 4.50. The van der Waals surface area contributed by atoms with Gasteiger partial charge in [0.2, 0.25) is 0 Å². The first-order valence-electron chi connectivity index (χ1n) is 4.44. The lowest BCUT2D eigenvalue weighted by Gasteiger charge is -2.03. The highest BCUT2D eigenvalue weighted by atomic mass is 35.5. The highest BCUT2D eigenvalue weighted by molar-refractivity contribution is 7.89. The number of primary sulfonamides is 1. The molecule has 0 unspecified atom stereocenters. The van der Waals surface area contributed by atoms with Crippen LogP contribution in [0.4, 0.5) is 0 Å². The van der Waals surface area contributed by atoms with E-state index in [1.807, 2.05) is 0 Å². The Kier molecular flexibility index (Phi) is 3.00. The van der Waals surface area contributed by atoms with Crippen molar-refractivity contribution < 1.29 is 8.42 Å². The minimum atomic E-state index is -4.11. The first-order chi connectivity index (χ1) is 8.43. The lowest BCUT2D eigenvalue weighted by Crippen LogP contribution is -2.19. The molecular formula is C8H5ClN6O2S. The van der Waals surface area contributed by atoms with E-state index in [1.165, 1.54) is 12.1 Å². The van der Waals surface area contributed by atoms with Crippen LogP contribution in [0.5, 0.6) is 0 Å². The molecule has 0 aliphatic heterocycles. The van der Waals surface area contributed by atoms with Gasteiger partial charge in [-0.1, -0.05) is 11.6 Å². The van der Waals surface area contributed by atoms with E-state index in [-0.39, 0.29) is 16.5 Å². The number of nitrogens with two attached hydrogens (primary N) is 1. The Morgan fingerprint density at radius 3 is 2.61 bits per heavy atom. The minimum Gasteiger partial charge on any atom is -0.223 e. The molecule has 10 heteroatoms. The summed E-state index contributed by atoms with van der Waals surface area (Å²) in [6.07, 6.45) is 1.08. The topological polar surface area (TPSA) is 128 Å². The van der Waals surface area contributed by atoms with Gasteiger partial charge in [0, 0.05) is 0 Å². The van der Waals surface area contributed by atoms with Crippen molar-refractivity contribution in [3.63, 3.8) is 0 Å². The second-order valence-electron chi connectivity index (χ2n) is 3.15. The average molecular weight is 285 g/mol. The molecule has 0 saturated heterocycles. The van der Waals surface area contributed by atoms with Gasteiger partial charge in [0.1, 0.15) is 11.6 Å². The number of nitriles is 1. The summed E-state index contributed by atoms with van der Waals surface area (Å²) in [7, 11) is -4.11. The molecule has 0 atom stereocenters. The Bertz CT molecular complexity index is 730. The zero-order chi connectivity index (χ0) is 13.3.